The third kappa shape index (κ3) is 2.43. The summed E-state index contributed by atoms with van der Waals surface area (Å²) in [5, 5.41) is 0. The average Bonchev–Trinajstić information content (AvgIpc) is 2.43. The summed E-state index contributed by atoms with van der Waals surface area (Å²) in [5.74, 6) is 0. The zero-order valence-corrected chi connectivity index (χ0v) is 11.0. The van der Waals surface area contributed by atoms with Crippen LogP contribution in [0.25, 0.3) is 12.2 Å². The van der Waals surface area contributed by atoms with Gasteiger partial charge in [0.15, 0.2) is 0 Å². The molecule has 1 aliphatic rings. The van der Waals surface area contributed by atoms with E-state index in [0.29, 0.717) is 6.42 Å². The van der Waals surface area contributed by atoms with Gasteiger partial charge in [-0.2, -0.15) is 0 Å². The molecule has 0 saturated carbocycles. The Bertz CT molecular complexity index is 676. The van der Waals surface area contributed by atoms with E-state index in [1.54, 1.807) is 0 Å². The molecule has 0 heterocycles. The smallest absolute Gasteiger partial charge is 0.405 e. The molecular weight excluding hydrogens is 250 g/mol. The Labute approximate surface area is 117 Å². The second kappa shape index (κ2) is 5.21. The fourth-order valence-corrected chi connectivity index (χ4v) is 2.57. The van der Waals surface area contributed by atoms with Crippen molar-refractivity contribution in [2.45, 2.75) is 12.5 Å². The molecule has 0 bridgehead atoms. The molecule has 2 aromatic carbocycles. The molecule has 1 amide bonds. The van der Waals surface area contributed by atoms with Crippen LogP contribution in [0.3, 0.4) is 0 Å². The molecule has 0 radical (unpaired) electrons. The number of rotatable bonds is 1. The lowest BCUT2D eigenvalue weighted by Crippen LogP contribution is -2.20. The average molecular weight is 265 g/mol. The Hall–Kier alpha value is -2.55. The molecule has 1 atom stereocenters. The van der Waals surface area contributed by atoms with Gasteiger partial charge < -0.3 is 10.5 Å². The number of amides is 1. The first-order chi connectivity index (χ1) is 9.74. The Morgan fingerprint density at radius 1 is 1.00 bits per heavy atom. The fraction of sp³-hybridized carbons (Fsp3) is 0.118. The van der Waals surface area contributed by atoms with Crippen LogP contribution in [0.5, 0.6) is 0 Å². The number of primary amides is 1. The van der Waals surface area contributed by atoms with Crippen LogP contribution < -0.4 is 5.73 Å². The molecule has 100 valence electrons. The third-order valence-corrected chi connectivity index (χ3v) is 3.50. The van der Waals surface area contributed by atoms with Gasteiger partial charge in [0.25, 0.3) is 0 Å². The second-order valence-electron chi connectivity index (χ2n) is 4.79. The number of benzene rings is 2. The van der Waals surface area contributed by atoms with Gasteiger partial charge in [-0.15, -0.1) is 0 Å². The van der Waals surface area contributed by atoms with E-state index < -0.39 is 6.09 Å². The summed E-state index contributed by atoms with van der Waals surface area (Å²) in [4.78, 5) is 11.2. The third-order valence-electron chi connectivity index (χ3n) is 3.50. The summed E-state index contributed by atoms with van der Waals surface area (Å²) in [6, 6.07) is 16.0. The number of nitrogens with two attached hydrogens (primary N) is 1. The van der Waals surface area contributed by atoms with Crippen LogP contribution in [0.2, 0.25) is 0 Å². The summed E-state index contributed by atoms with van der Waals surface area (Å²) in [6.45, 7) is 0. The van der Waals surface area contributed by atoms with E-state index in [4.69, 9.17) is 10.5 Å². The predicted molar refractivity (Wildman–Crippen MR) is 78.9 cm³/mol. The van der Waals surface area contributed by atoms with Crippen molar-refractivity contribution < 1.29 is 9.53 Å². The topological polar surface area (TPSA) is 52.3 Å². The molecule has 0 spiro atoms. The summed E-state index contributed by atoms with van der Waals surface area (Å²) >= 11 is 0. The van der Waals surface area contributed by atoms with Crippen molar-refractivity contribution in [1.82, 2.24) is 0 Å². The van der Waals surface area contributed by atoms with E-state index in [9.17, 15) is 4.79 Å². The minimum absolute atomic E-state index is 0.352. The summed E-state index contributed by atoms with van der Waals surface area (Å²) in [6.07, 6.45) is 3.67. The van der Waals surface area contributed by atoms with Crippen molar-refractivity contribution in [3.63, 3.8) is 0 Å². The highest BCUT2D eigenvalue weighted by Gasteiger charge is 2.20. The van der Waals surface area contributed by atoms with Crippen LogP contribution >= 0.6 is 0 Å². The molecular formula is C17H15NO2. The Morgan fingerprint density at radius 3 is 2.45 bits per heavy atom. The van der Waals surface area contributed by atoms with E-state index in [1.807, 2.05) is 48.5 Å². The first kappa shape index (κ1) is 12.5. The maximum Gasteiger partial charge on any atom is 0.405 e. The van der Waals surface area contributed by atoms with E-state index in [0.717, 1.165) is 22.3 Å². The molecule has 3 nitrogen and oxygen atoms in total. The quantitative estimate of drug-likeness (QED) is 0.857. The van der Waals surface area contributed by atoms with Gasteiger partial charge in [0.1, 0.15) is 6.10 Å². The van der Waals surface area contributed by atoms with Gasteiger partial charge in [0.05, 0.1) is 0 Å². The lowest BCUT2D eigenvalue weighted by molar-refractivity contribution is 0.106. The molecule has 20 heavy (non-hydrogen) atoms. The van der Waals surface area contributed by atoms with Gasteiger partial charge in [-0.1, -0.05) is 60.7 Å². The molecule has 3 heteroatoms. The molecule has 2 aromatic rings. The van der Waals surface area contributed by atoms with Crippen molar-refractivity contribution in [2.75, 3.05) is 0 Å². The van der Waals surface area contributed by atoms with E-state index >= 15 is 0 Å². The Balaban J connectivity index is 2.11. The van der Waals surface area contributed by atoms with Crippen molar-refractivity contribution in [1.29, 1.82) is 0 Å². The Kier molecular flexibility index (Phi) is 3.25. The monoisotopic (exact) mass is 265 g/mol. The van der Waals surface area contributed by atoms with Crippen molar-refractivity contribution >= 4 is 18.2 Å². The van der Waals surface area contributed by atoms with Crippen molar-refractivity contribution in [3.05, 3.63) is 70.8 Å². The van der Waals surface area contributed by atoms with Gasteiger partial charge in [0.2, 0.25) is 0 Å². The van der Waals surface area contributed by atoms with Crippen LogP contribution in [0.15, 0.2) is 48.5 Å². The SMILES string of the molecule is NC(=O)OC1Cc2ccccc2C=Cc2ccccc21. The zero-order valence-electron chi connectivity index (χ0n) is 11.0. The van der Waals surface area contributed by atoms with Crippen molar-refractivity contribution in [3.8, 4) is 0 Å². The van der Waals surface area contributed by atoms with Gasteiger partial charge >= 0.3 is 6.09 Å². The fourth-order valence-electron chi connectivity index (χ4n) is 2.57. The maximum absolute atomic E-state index is 11.2. The minimum Gasteiger partial charge on any atom is -0.441 e. The number of ether oxygens (including phenoxy) is 1. The van der Waals surface area contributed by atoms with Crippen LogP contribution in [0, 0.1) is 0 Å². The highest BCUT2D eigenvalue weighted by atomic mass is 16.6. The largest absolute Gasteiger partial charge is 0.441 e. The lowest BCUT2D eigenvalue weighted by atomic mass is 9.91. The van der Waals surface area contributed by atoms with E-state index in [1.165, 1.54) is 0 Å². The molecule has 0 saturated heterocycles. The molecule has 3 rings (SSSR count). The molecule has 2 N–H and O–H groups in total. The molecule has 1 unspecified atom stereocenters. The highest BCUT2D eigenvalue weighted by Crippen LogP contribution is 2.30. The molecule has 0 aromatic heterocycles. The minimum atomic E-state index is -0.744. The van der Waals surface area contributed by atoms with Gasteiger partial charge in [-0.3, -0.25) is 0 Å². The normalized spacial score (nSPS) is 16.5. The second-order valence-corrected chi connectivity index (χ2v) is 4.79. The first-order valence-corrected chi connectivity index (χ1v) is 6.55. The first-order valence-electron chi connectivity index (χ1n) is 6.55. The van der Waals surface area contributed by atoms with Gasteiger partial charge in [-0.25, -0.2) is 4.79 Å². The van der Waals surface area contributed by atoms with E-state index in [2.05, 4.69) is 12.1 Å². The number of fused-ring (bicyclic) bond motifs is 2. The Morgan fingerprint density at radius 2 is 1.65 bits per heavy atom. The number of hydrogen-bond donors (Lipinski definition) is 1. The van der Waals surface area contributed by atoms with Gasteiger partial charge in [0, 0.05) is 12.0 Å². The highest BCUT2D eigenvalue weighted by molar-refractivity contribution is 5.74. The van der Waals surface area contributed by atoms with Crippen LogP contribution in [-0.4, -0.2) is 6.09 Å². The zero-order chi connectivity index (χ0) is 13.9. The van der Waals surface area contributed by atoms with Gasteiger partial charge in [-0.05, 0) is 16.7 Å². The summed E-state index contributed by atoms with van der Waals surface area (Å²) < 4.78 is 5.32. The van der Waals surface area contributed by atoms with Crippen LogP contribution in [0.4, 0.5) is 4.79 Å². The van der Waals surface area contributed by atoms with Crippen molar-refractivity contribution in [2.24, 2.45) is 5.73 Å². The molecule has 0 aliphatic heterocycles. The number of carbonyl (C=O) groups is 1. The summed E-state index contributed by atoms with van der Waals surface area (Å²) in [5.41, 5.74) is 9.53. The van der Waals surface area contributed by atoms with E-state index in [-0.39, 0.29) is 6.10 Å². The van der Waals surface area contributed by atoms with Crippen LogP contribution in [-0.2, 0) is 11.2 Å². The molecule has 0 fully saturated rings. The maximum atomic E-state index is 11.2. The molecule has 1 aliphatic carbocycles. The number of carbonyl (C=O) groups excluding carboxylic acids is 1. The predicted octanol–water partition coefficient (Wildman–Crippen LogP) is 3.55. The lowest BCUT2D eigenvalue weighted by Gasteiger charge is -2.22. The summed E-state index contributed by atoms with van der Waals surface area (Å²) in [7, 11) is 0. The standard InChI is InChI=1S/C17H15NO2/c18-17(19)20-16-11-14-7-2-1-5-12(14)9-10-13-6-3-4-8-15(13)16/h1-10,16H,11H2,(H2,18,19). The van der Waals surface area contributed by atoms with Crippen LogP contribution in [0.1, 0.15) is 28.4 Å². The number of hydrogen-bond acceptors (Lipinski definition) is 2.